The zero-order valence-electron chi connectivity index (χ0n) is 46.6. The number of nitrogens with zero attached hydrogens (tertiary/aromatic N) is 1. The number of hydrogen-bond donors (Lipinski definition) is 2. The number of carbonyl (C=O) groups is 3. The molecule has 3 amide bonds. The number of benzene rings is 6. The molecule has 17 heteroatoms. The molecule has 7 rings (SSSR count). The van der Waals surface area contributed by atoms with E-state index in [1.165, 1.54) is 12.0 Å². The molecular weight excluding hydrogens is 1120 g/mol. The smallest absolute Gasteiger partial charge is 0.408 e. The largest absolute Gasteiger partial charge is 0.497 e. The molecule has 0 saturated carbocycles. The number of rotatable bonds is 22. The van der Waals surface area contributed by atoms with Gasteiger partial charge in [0.1, 0.15) is 35.8 Å². The van der Waals surface area contributed by atoms with Gasteiger partial charge in [0, 0.05) is 30.3 Å². The van der Waals surface area contributed by atoms with Crippen LogP contribution in [0.3, 0.4) is 0 Å². The number of halogens is 1. The Morgan fingerprint density at radius 2 is 1.36 bits per heavy atom. The summed E-state index contributed by atoms with van der Waals surface area (Å²) in [6.07, 6.45) is -0.928. The summed E-state index contributed by atoms with van der Waals surface area (Å²) in [6, 6.07) is 36.8. The molecule has 1 unspecified atom stereocenters. The van der Waals surface area contributed by atoms with Gasteiger partial charge in [-0.3, -0.25) is 9.59 Å². The van der Waals surface area contributed by atoms with Gasteiger partial charge >= 0.3 is 6.09 Å². The fourth-order valence-electron chi connectivity index (χ4n) is 9.79. The summed E-state index contributed by atoms with van der Waals surface area (Å²) < 4.78 is 56.4. The van der Waals surface area contributed by atoms with E-state index in [0.29, 0.717) is 60.4 Å². The third kappa shape index (κ3) is 13.5. The van der Waals surface area contributed by atoms with Crippen molar-refractivity contribution < 1.29 is 56.7 Å². The molecule has 0 saturated heterocycles. The summed E-state index contributed by atoms with van der Waals surface area (Å²) in [5.74, 6) is 1.53. The summed E-state index contributed by atoms with van der Waals surface area (Å²) in [4.78, 5) is 47.7. The molecule has 414 valence electrons. The summed E-state index contributed by atoms with van der Waals surface area (Å²) in [5.41, 5.74) is 2.90. The lowest BCUT2D eigenvalue weighted by Crippen LogP contribution is -2.67. The SMILES string of the molecule is COCOc1cc([C@H](CO[Si](c2ccccc2)(c2ccccc2)C(C)(C)C)N(C(=O)[C@@H](Cc2cc(C)c(OC)c(OCc3ccccc3)c2I)NC(=O)OC(C)(C)C)C(C)C(=O)Nc2ccc(OC)cc2)c2c(c1C)OCO2. The molecule has 1 aliphatic heterocycles. The predicted octanol–water partition coefficient (Wildman–Crippen LogP) is 10.8. The molecule has 0 aliphatic carbocycles. The second-order valence-electron chi connectivity index (χ2n) is 21.0. The van der Waals surface area contributed by atoms with Crippen LogP contribution >= 0.6 is 22.6 Å². The first kappa shape index (κ1) is 58.9. The van der Waals surface area contributed by atoms with Gasteiger partial charge in [0.15, 0.2) is 29.8 Å². The van der Waals surface area contributed by atoms with Crippen molar-refractivity contribution in [3.05, 3.63) is 159 Å². The van der Waals surface area contributed by atoms with Gasteiger partial charge in [-0.2, -0.15) is 0 Å². The first-order chi connectivity index (χ1) is 37.2. The van der Waals surface area contributed by atoms with Gasteiger partial charge < -0.3 is 57.9 Å². The number of hydrogen-bond acceptors (Lipinski definition) is 12. The highest BCUT2D eigenvalue weighted by Crippen LogP contribution is 2.49. The summed E-state index contributed by atoms with van der Waals surface area (Å²) in [7, 11) is 1.24. The van der Waals surface area contributed by atoms with Gasteiger partial charge in [0.25, 0.3) is 8.32 Å². The first-order valence-electron chi connectivity index (χ1n) is 25.8. The Morgan fingerprint density at radius 3 is 1.92 bits per heavy atom. The van der Waals surface area contributed by atoms with Crippen molar-refractivity contribution in [3.8, 4) is 34.5 Å². The van der Waals surface area contributed by atoms with Crippen LogP contribution in [0.15, 0.2) is 127 Å². The highest BCUT2D eigenvalue weighted by molar-refractivity contribution is 14.1. The van der Waals surface area contributed by atoms with Gasteiger partial charge in [0.05, 0.1) is 30.4 Å². The van der Waals surface area contributed by atoms with Gasteiger partial charge in [-0.25, -0.2) is 4.79 Å². The standard InChI is InChI=1S/C61H72IN3O12Si/c1-39-32-43(52(62)56(53(39)71-12)72-35-42-22-16-13-17-23-42)33-49(64-59(68)77-60(4,5)6)58(67)65(41(3)57(66)63-44-28-30-45(70-11)31-29-44)50(48-34-51(73-37-69-10)40(2)54-55(48)75-38-74-54)36-76-78(61(7,8)9,46-24-18-14-19-25-46)47-26-20-15-21-27-47/h13-32,34,41,49-50H,33,35-38H2,1-12H3,(H,63,66)(H,64,68)/t41?,49-,50+/m1/s1. The Bertz CT molecular complexity index is 2970. The molecule has 0 fully saturated rings. The van der Waals surface area contributed by atoms with Crippen LogP contribution in [-0.4, -0.2) is 90.3 Å². The number of carbonyl (C=O) groups excluding carboxylic acids is 3. The van der Waals surface area contributed by atoms with Crippen molar-refractivity contribution in [2.24, 2.45) is 0 Å². The van der Waals surface area contributed by atoms with E-state index < -0.39 is 55.0 Å². The second kappa shape index (κ2) is 25.8. The Morgan fingerprint density at radius 1 is 0.756 bits per heavy atom. The van der Waals surface area contributed by atoms with E-state index in [0.717, 1.165) is 21.5 Å². The van der Waals surface area contributed by atoms with Crippen LogP contribution in [0.5, 0.6) is 34.5 Å². The van der Waals surface area contributed by atoms with Gasteiger partial charge in [-0.15, -0.1) is 0 Å². The fourth-order valence-corrected chi connectivity index (χ4v) is 15.1. The molecule has 0 aromatic heterocycles. The van der Waals surface area contributed by atoms with Crippen molar-refractivity contribution in [2.45, 2.75) is 104 Å². The lowest BCUT2D eigenvalue weighted by molar-refractivity contribution is -0.143. The molecule has 1 heterocycles. The zero-order valence-corrected chi connectivity index (χ0v) is 49.8. The minimum atomic E-state index is -3.42. The minimum absolute atomic E-state index is 0.0810. The van der Waals surface area contributed by atoms with Crippen molar-refractivity contribution >= 4 is 64.9 Å². The zero-order chi connectivity index (χ0) is 56.4. The molecular formula is C61H72IN3O12Si. The van der Waals surface area contributed by atoms with E-state index in [1.807, 2.05) is 86.6 Å². The number of nitrogens with one attached hydrogen (secondary N) is 2. The highest BCUT2D eigenvalue weighted by Gasteiger charge is 2.52. The van der Waals surface area contributed by atoms with Gasteiger partial charge in [-0.05, 0) is 127 Å². The number of aryl methyl sites for hydroxylation is 1. The van der Waals surface area contributed by atoms with E-state index in [2.05, 4.69) is 78.3 Å². The number of ether oxygens (including phenoxy) is 8. The lowest BCUT2D eigenvalue weighted by atomic mass is 9.96. The third-order valence-electron chi connectivity index (χ3n) is 13.5. The predicted molar refractivity (Wildman–Crippen MR) is 312 cm³/mol. The first-order valence-corrected chi connectivity index (χ1v) is 28.8. The minimum Gasteiger partial charge on any atom is -0.497 e. The Hall–Kier alpha value is -6.80. The summed E-state index contributed by atoms with van der Waals surface area (Å²) >= 11 is 2.20. The molecule has 0 radical (unpaired) electrons. The van der Waals surface area contributed by atoms with Crippen molar-refractivity contribution in [3.63, 3.8) is 0 Å². The normalized spacial score (nSPS) is 13.4. The summed E-state index contributed by atoms with van der Waals surface area (Å²) in [5, 5.41) is 7.47. The van der Waals surface area contributed by atoms with Gasteiger partial charge in [0.2, 0.25) is 18.6 Å². The Labute approximate surface area is 473 Å². The topological polar surface area (TPSA) is 162 Å². The molecule has 6 aromatic rings. The quantitative estimate of drug-likeness (QED) is 0.0377. The van der Waals surface area contributed by atoms with Crippen LogP contribution < -0.4 is 49.4 Å². The molecule has 15 nitrogen and oxygen atoms in total. The molecule has 78 heavy (non-hydrogen) atoms. The molecule has 3 atom stereocenters. The van der Waals surface area contributed by atoms with Crippen molar-refractivity contribution in [2.75, 3.05) is 46.8 Å². The van der Waals surface area contributed by atoms with Crippen LogP contribution in [0.4, 0.5) is 10.5 Å². The molecule has 1 aliphatic rings. The average molecular weight is 1190 g/mol. The van der Waals surface area contributed by atoms with Crippen LogP contribution in [-0.2, 0) is 36.5 Å². The summed E-state index contributed by atoms with van der Waals surface area (Å²) in [6.45, 7) is 16.9. The van der Waals surface area contributed by atoms with Crippen LogP contribution in [0, 0.1) is 17.4 Å². The monoisotopic (exact) mass is 1190 g/mol. The van der Waals surface area contributed by atoms with Crippen LogP contribution in [0.25, 0.3) is 0 Å². The highest BCUT2D eigenvalue weighted by atomic mass is 127. The molecule has 0 bridgehead atoms. The maximum Gasteiger partial charge on any atom is 0.408 e. The maximum atomic E-state index is 16.7. The number of methoxy groups -OCH3 is 3. The number of anilines is 1. The van der Waals surface area contributed by atoms with Gasteiger partial charge in [-0.1, -0.05) is 118 Å². The number of fused-ring (bicyclic) bond motifs is 1. The van der Waals surface area contributed by atoms with Crippen LogP contribution in [0.2, 0.25) is 5.04 Å². The number of alkyl carbamates (subject to hydrolysis) is 1. The molecule has 2 N–H and O–H groups in total. The maximum absolute atomic E-state index is 16.7. The Kier molecular flexibility index (Phi) is 19.5. The average Bonchev–Trinajstić information content (AvgIpc) is 4.01. The van der Waals surface area contributed by atoms with E-state index in [1.54, 1.807) is 72.2 Å². The van der Waals surface area contributed by atoms with E-state index in [9.17, 15) is 4.79 Å². The third-order valence-corrected chi connectivity index (χ3v) is 19.6. The van der Waals surface area contributed by atoms with E-state index >= 15 is 9.59 Å². The van der Waals surface area contributed by atoms with Crippen LogP contribution in [0.1, 0.15) is 82.3 Å². The van der Waals surface area contributed by atoms with Crippen molar-refractivity contribution in [1.29, 1.82) is 0 Å². The van der Waals surface area contributed by atoms with E-state index in [4.69, 9.17) is 42.3 Å². The van der Waals surface area contributed by atoms with E-state index in [-0.39, 0.29) is 33.2 Å². The Balaban J connectivity index is 1.48. The lowest BCUT2D eigenvalue weighted by Gasteiger charge is -2.45. The molecule has 0 spiro atoms. The second-order valence-corrected chi connectivity index (χ2v) is 26.4. The molecule has 6 aromatic carbocycles. The fraction of sp³-hybridized carbons (Fsp3) is 0.361. The van der Waals surface area contributed by atoms with Crippen molar-refractivity contribution in [1.82, 2.24) is 10.2 Å². The number of amides is 3.